The lowest BCUT2D eigenvalue weighted by Gasteiger charge is -2.05. The number of aromatic nitrogens is 2. The predicted octanol–water partition coefficient (Wildman–Crippen LogP) is 2.86. The zero-order valence-electron chi connectivity index (χ0n) is 8.71. The van der Waals surface area contributed by atoms with E-state index in [0.717, 1.165) is 14.6 Å². The van der Waals surface area contributed by atoms with Crippen LogP contribution < -0.4 is 5.32 Å². The Kier molecular flexibility index (Phi) is 3.96. The highest BCUT2D eigenvalue weighted by Crippen LogP contribution is 2.20. The molecule has 0 saturated carbocycles. The molecule has 0 aliphatic carbocycles. The molecule has 1 aromatic heterocycles. The molecular formula is C11H9Br2N3O. The number of nitrogens with zero attached hydrogens (tertiary/aromatic N) is 1. The van der Waals surface area contributed by atoms with Crippen molar-refractivity contribution in [3.05, 3.63) is 50.7 Å². The lowest BCUT2D eigenvalue weighted by atomic mass is 10.2. The van der Waals surface area contributed by atoms with Gasteiger partial charge in [-0.25, -0.2) is 0 Å². The van der Waals surface area contributed by atoms with E-state index in [1.165, 1.54) is 0 Å². The fourth-order valence-corrected chi connectivity index (χ4v) is 2.64. The van der Waals surface area contributed by atoms with Crippen molar-refractivity contribution in [2.75, 3.05) is 0 Å². The molecule has 0 saturated heterocycles. The number of carbonyl (C=O) groups is 1. The summed E-state index contributed by atoms with van der Waals surface area (Å²) in [4.78, 5) is 11.9. The third kappa shape index (κ3) is 3.41. The molecule has 2 aromatic rings. The largest absolute Gasteiger partial charge is 0.346 e. The molecule has 0 aliphatic rings. The van der Waals surface area contributed by atoms with Crippen LogP contribution in [-0.2, 0) is 6.54 Å². The van der Waals surface area contributed by atoms with Crippen LogP contribution >= 0.6 is 31.9 Å². The maximum absolute atomic E-state index is 11.9. The van der Waals surface area contributed by atoms with E-state index < -0.39 is 0 Å². The fourth-order valence-electron chi connectivity index (χ4n) is 1.35. The summed E-state index contributed by atoms with van der Waals surface area (Å²) in [5.41, 5.74) is 1.47. The van der Waals surface area contributed by atoms with Crippen LogP contribution in [0.25, 0.3) is 0 Å². The van der Waals surface area contributed by atoms with Crippen molar-refractivity contribution >= 4 is 37.8 Å². The molecule has 1 heterocycles. The van der Waals surface area contributed by atoms with Crippen molar-refractivity contribution in [1.82, 2.24) is 15.5 Å². The average molecular weight is 359 g/mol. The van der Waals surface area contributed by atoms with E-state index in [4.69, 9.17) is 0 Å². The molecule has 2 rings (SSSR count). The Morgan fingerprint density at radius 3 is 2.59 bits per heavy atom. The third-order valence-corrected chi connectivity index (χ3v) is 3.04. The standard InChI is InChI=1S/C11H9Br2N3O/c12-8-3-7(4-9(13)5-8)11(17)14-6-10-1-2-15-16-10/h1-5H,6H2,(H,14,17)(H,15,16). The molecule has 4 nitrogen and oxygen atoms in total. The van der Waals surface area contributed by atoms with Gasteiger partial charge in [0.2, 0.25) is 0 Å². The number of amides is 1. The Morgan fingerprint density at radius 1 is 1.29 bits per heavy atom. The molecule has 0 atom stereocenters. The van der Waals surface area contributed by atoms with Crippen LogP contribution in [0.5, 0.6) is 0 Å². The van der Waals surface area contributed by atoms with Gasteiger partial charge >= 0.3 is 0 Å². The van der Waals surface area contributed by atoms with Crippen molar-refractivity contribution in [2.45, 2.75) is 6.54 Å². The van der Waals surface area contributed by atoms with Gasteiger partial charge in [0.05, 0.1) is 12.2 Å². The van der Waals surface area contributed by atoms with Crippen molar-refractivity contribution in [2.24, 2.45) is 0 Å². The van der Waals surface area contributed by atoms with Crippen LogP contribution in [0.3, 0.4) is 0 Å². The molecule has 0 radical (unpaired) electrons. The molecule has 88 valence electrons. The van der Waals surface area contributed by atoms with Crippen molar-refractivity contribution in [3.8, 4) is 0 Å². The monoisotopic (exact) mass is 357 g/mol. The fraction of sp³-hybridized carbons (Fsp3) is 0.0909. The lowest BCUT2D eigenvalue weighted by molar-refractivity contribution is 0.0950. The van der Waals surface area contributed by atoms with Crippen molar-refractivity contribution in [3.63, 3.8) is 0 Å². The summed E-state index contributed by atoms with van der Waals surface area (Å²) in [6.07, 6.45) is 1.65. The number of nitrogens with one attached hydrogen (secondary N) is 2. The molecule has 0 fully saturated rings. The van der Waals surface area contributed by atoms with E-state index in [9.17, 15) is 4.79 Å². The first kappa shape index (κ1) is 12.3. The van der Waals surface area contributed by atoms with Crippen molar-refractivity contribution in [1.29, 1.82) is 0 Å². The molecule has 0 spiro atoms. The second-order valence-electron chi connectivity index (χ2n) is 3.42. The van der Waals surface area contributed by atoms with Gasteiger partial charge in [0.1, 0.15) is 0 Å². The van der Waals surface area contributed by atoms with Gasteiger partial charge in [-0.15, -0.1) is 0 Å². The van der Waals surface area contributed by atoms with Gasteiger partial charge in [-0.2, -0.15) is 5.10 Å². The highest BCUT2D eigenvalue weighted by molar-refractivity contribution is 9.11. The number of aromatic amines is 1. The van der Waals surface area contributed by atoms with E-state index in [1.54, 1.807) is 18.3 Å². The number of hydrogen-bond acceptors (Lipinski definition) is 2. The minimum absolute atomic E-state index is 0.124. The van der Waals surface area contributed by atoms with Crippen molar-refractivity contribution < 1.29 is 4.79 Å². The van der Waals surface area contributed by atoms with Gasteiger partial charge in [0, 0.05) is 20.7 Å². The van der Waals surface area contributed by atoms with Crippen LogP contribution in [0.2, 0.25) is 0 Å². The molecule has 0 bridgehead atoms. The van der Waals surface area contributed by atoms with E-state index in [2.05, 4.69) is 47.4 Å². The third-order valence-electron chi connectivity index (χ3n) is 2.12. The molecule has 17 heavy (non-hydrogen) atoms. The maximum Gasteiger partial charge on any atom is 0.251 e. The molecule has 0 aliphatic heterocycles. The number of rotatable bonds is 3. The second kappa shape index (κ2) is 5.46. The molecule has 6 heteroatoms. The Morgan fingerprint density at radius 2 is 2.00 bits per heavy atom. The average Bonchev–Trinajstić information content (AvgIpc) is 2.77. The first-order valence-corrected chi connectivity index (χ1v) is 6.46. The zero-order valence-corrected chi connectivity index (χ0v) is 11.9. The van der Waals surface area contributed by atoms with Gasteiger partial charge < -0.3 is 5.32 Å². The summed E-state index contributed by atoms with van der Waals surface area (Å²) < 4.78 is 1.72. The quantitative estimate of drug-likeness (QED) is 0.886. The van der Waals surface area contributed by atoms with Gasteiger partial charge in [0.25, 0.3) is 5.91 Å². The van der Waals surface area contributed by atoms with Crippen LogP contribution in [0.15, 0.2) is 39.4 Å². The van der Waals surface area contributed by atoms with E-state index in [0.29, 0.717) is 12.1 Å². The van der Waals surface area contributed by atoms with E-state index >= 15 is 0 Å². The smallest absolute Gasteiger partial charge is 0.251 e. The normalized spacial score (nSPS) is 10.2. The molecule has 2 N–H and O–H groups in total. The first-order chi connectivity index (χ1) is 8.15. The number of carbonyl (C=O) groups excluding carboxylic acids is 1. The second-order valence-corrected chi connectivity index (χ2v) is 5.25. The Labute approximate surface area is 115 Å². The highest BCUT2D eigenvalue weighted by Gasteiger charge is 2.07. The molecular weight excluding hydrogens is 350 g/mol. The lowest BCUT2D eigenvalue weighted by Crippen LogP contribution is -2.23. The van der Waals surface area contributed by atoms with Crippen LogP contribution in [-0.4, -0.2) is 16.1 Å². The minimum atomic E-state index is -0.124. The maximum atomic E-state index is 11.9. The summed E-state index contributed by atoms with van der Waals surface area (Å²) in [5.74, 6) is -0.124. The highest BCUT2D eigenvalue weighted by atomic mass is 79.9. The minimum Gasteiger partial charge on any atom is -0.346 e. The first-order valence-electron chi connectivity index (χ1n) is 4.88. The number of benzene rings is 1. The van der Waals surface area contributed by atoms with E-state index in [1.807, 2.05) is 12.1 Å². The van der Waals surface area contributed by atoms with Gasteiger partial charge in [0.15, 0.2) is 0 Å². The Balaban J connectivity index is 2.04. The van der Waals surface area contributed by atoms with Gasteiger partial charge in [-0.1, -0.05) is 31.9 Å². The van der Waals surface area contributed by atoms with Gasteiger partial charge in [-0.3, -0.25) is 9.89 Å². The summed E-state index contributed by atoms with van der Waals surface area (Å²) in [6, 6.07) is 7.24. The zero-order chi connectivity index (χ0) is 12.3. The van der Waals surface area contributed by atoms with E-state index in [-0.39, 0.29) is 5.91 Å². The Hall–Kier alpha value is -1.14. The van der Waals surface area contributed by atoms with Gasteiger partial charge in [-0.05, 0) is 24.3 Å². The molecule has 1 amide bonds. The SMILES string of the molecule is O=C(NCc1ccn[nH]1)c1cc(Br)cc(Br)c1. The summed E-state index contributed by atoms with van der Waals surface area (Å²) in [7, 11) is 0. The number of H-pyrrole nitrogens is 1. The Bertz CT molecular complexity index is 505. The number of hydrogen-bond donors (Lipinski definition) is 2. The summed E-state index contributed by atoms with van der Waals surface area (Å²) in [5, 5.41) is 9.40. The topological polar surface area (TPSA) is 57.8 Å². The van der Waals surface area contributed by atoms with Crippen LogP contribution in [0.1, 0.15) is 16.1 Å². The number of halogens is 2. The predicted molar refractivity (Wildman–Crippen MR) is 71.6 cm³/mol. The van der Waals surface area contributed by atoms with Crippen LogP contribution in [0.4, 0.5) is 0 Å². The van der Waals surface area contributed by atoms with Crippen LogP contribution in [0, 0.1) is 0 Å². The molecule has 0 unspecified atom stereocenters. The summed E-state index contributed by atoms with van der Waals surface area (Å²) in [6.45, 7) is 0.433. The molecule has 1 aromatic carbocycles. The summed E-state index contributed by atoms with van der Waals surface area (Å²) >= 11 is 6.69.